The van der Waals surface area contributed by atoms with Crippen LogP contribution in [0.25, 0.3) is 20.5 Å². The Kier molecular flexibility index (Phi) is 3.62. The number of carbonyl (C=O) groups excluding carboxylic acids is 1. The fourth-order valence-electron chi connectivity index (χ4n) is 2.14. The Hall–Kier alpha value is -2.34. The number of alkyl halides is 3. The molecule has 1 heterocycles. The van der Waals surface area contributed by atoms with Crippen LogP contribution in [0.3, 0.4) is 0 Å². The van der Waals surface area contributed by atoms with Crippen molar-refractivity contribution in [3.05, 3.63) is 54.1 Å². The first-order chi connectivity index (χ1) is 10.5. The molecule has 0 amide bonds. The van der Waals surface area contributed by atoms with E-state index in [4.69, 9.17) is 0 Å². The molecule has 0 fully saturated rings. The van der Waals surface area contributed by atoms with Gasteiger partial charge in [-0.3, -0.25) is 4.79 Å². The molecule has 0 radical (unpaired) electrons. The standard InChI is InChI=1S/C16H9F3O2S/c17-16(18,19)21-13-6-5-11(7-12(13)9-20)15-8-10-3-1-2-4-14(10)22-15/h1-9H. The Morgan fingerprint density at radius 2 is 1.82 bits per heavy atom. The largest absolute Gasteiger partial charge is 0.573 e. The molecular formula is C16H9F3O2S. The lowest BCUT2D eigenvalue weighted by Crippen LogP contribution is -2.18. The summed E-state index contributed by atoms with van der Waals surface area (Å²) in [4.78, 5) is 11.9. The van der Waals surface area contributed by atoms with E-state index in [-0.39, 0.29) is 5.56 Å². The average molecular weight is 322 g/mol. The zero-order valence-electron chi connectivity index (χ0n) is 11.1. The van der Waals surface area contributed by atoms with Crippen LogP contribution in [0, 0.1) is 0 Å². The van der Waals surface area contributed by atoms with Gasteiger partial charge in [-0.25, -0.2) is 0 Å². The summed E-state index contributed by atoms with van der Waals surface area (Å²) in [6, 6.07) is 13.8. The highest BCUT2D eigenvalue weighted by atomic mass is 32.1. The molecule has 0 bridgehead atoms. The Morgan fingerprint density at radius 3 is 2.50 bits per heavy atom. The van der Waals surface area contributed by atoms with Crippen molar-refractivity contribution in [2.24, 2.45) is 0 Å². The molecule has 3 aromatic rings. The van der Waals surface area contributed by atoms with E-state index in [2.05, 4.69) is 4.74 Å². The van der Waals surface area contributed by atoms with Crippen LogP contribution in [0.2, 0.25) is 0 Å². The highest BCUT2D eigenvalue weighted by molar-refractivity contribution is 7.22. The van der Waals surface area contributed by atoms with Crippen LogP contribution >= 0.6 is 11.3 Å². The molecule has 0 unspecified atom stereocenters. The predicted octanol–water partition coefficient (Wildman–Crippen LogP) is 5.28. The van der Waals surface area contributed by atoms with Gasteiger partial charge in [-0.2, -0.15) is 0 Å². The fourth-order valence-corrected chi connectivity index (χ4v) is 3.19. The topological polar surface area (TPSA) is 26.3 Å². The minimum atomic E-state index is -4.82. The zero-order chi connectivity index (χ0) is 15.7. The number of ether oxygens (including phenoxy) is 1. The molecule has 0 atom stereocenters. The molecule has 2 aromatic carbocycles. The molecule has 0 aliphatic rings. The third-order valence-electron chi connectivity index (χ3n) is 3.07. The molecule has 0 saturated heterocycles. The number of halogens is 3. The lowest BCUT2D eigenvalue weighted by Gasteiger charge is -2.11. The number of aldehydes is 1. The molecule has 0 aliphatic heterocycles. The number of hydrogen-bond donors (Lipinski definition) is 0. The summed E-state index contributed by atoms with van der Waals surface area (Å²) < 4.78 is 41.8. The molecule has 0 N–H and O–H groups in total. The van der Waals surface area contributed by atoms with Gasteiger partial charge in [-0.15, -0.1) is 24.5 Å². The number of carbonyl (C=O) groups is 1. The van der Waals surface area contributed by atoms with E-state index in [1.807, 2.05) is 30.3 Å². The predicted molar refractivity (Wildman–Crippen MR) is 79.3 cm³/mol. The highest BCUT2D eigenvalue weighted by Gasteiger charge is 2.32. The van der Waals surface area contributed by atoms with Crippen molar-refractivity contribution < 1.29 is 22.7 Å². The lowest BCUT2D eigenvalue weighted by molar-refractivity contribution is -0.274. The van der Waals surface area contributed by atoms with Gasteiger partial charge in [0.15, 0.2) is 6.29 Å². The van der Waals surface area contributed by atoms with Gasteiger partial charge >= 0.3 is 6.36 Å². The summed E-state index contributed by atoms with van der Waals surface area (Å²) in [6.45, 7) is 0. The van der Waals surface area contributed by atoms with Crippen LogP contribution in [0.5, 0.6) is 5.75 Å². The van der Waals surface area contributed by atoms with Crippen LogP contribution in [-0.2, 0) is 0 Å². The smallest absolute Gasteiger partial charge is 0.405 e. The number of hydrogen-bond acceptors (Lipinski definition) is 3. The van der Waals surface area contributed by atoms with Crippen LogP contribution in [0.1, 0.15) is 10.4 Å². The van der Waals surface area contributed by atoms with Crippen molar-refractivity contribution in [3.63, 3.8) is 0 Å². The summed E-state index contributed by atoms with van der Waals surface area (Å²) in [5, 5.41) is 1.05. The minimum Gasteiger partial charge on any atom is -0.405 e. The van der Waals surface area contributed by atoms with Crippen molar-refractivity contribution in [3.8, 4) is 16.2 Å². The van der Waals surface area contributed by atoms with Gasteiger partial charge in [0.05, 0.1) is 5.56 Å². The van der Waals surface area contributed by atoms with E-state index in [1.165, 1.54) is 23.5 Å². The van der Waals surface area contributed by atoms with Gasteiger partial charge in [0, 0.05) is 9.58 Å². The second-order valence-corrected chi connectivity index (χ2v) is 5.65. The molecule has 3 rings (SSSR count). The second kappa shape index (κ2) is 5.46. The van der Waals surface area contributed by atoms with Crippen molar-refractivity contribution in [2.45, 2.75) is 6.36 Å². The molecular weight excluding hydrogens is 313 g/mol. The molecule has 22 heavy (non-hydrogen) atoms. The lowest BCUT2D eigenvalue weighted by atomic mass is 10.1. The first-order valence-electron chi connectivity index (χ1n) is 6.30. The molecule has 6 heteroatoms. The Morgan fingerprint density at radius 1 is 1.05 bits per heavy atom. The monoisotopic (exact) mass is 322 g/mol. The highest BCUT2D eigenvalue weighted by Crippen LogP contribution is 2.36. The SMILES string of the molecule is O=Cc1cc(-c2cc3ccccc3s2)ccc1OC(F)(F)F. The summed E-state index contributed by atoms with van der Waals surface area (Å²) in [5.74, 6) is -0.493. The Bertz CT molecular complexity index is 804. The van der Waals surface area contributed by atoms with Crippen molar-refractivity contribution >= 4 is 27.7 Å². The fraction of sp³-hybridized carbons (Fsp3) is 0.0625. The Balaban J connectivity index is 2.03. The van der Waals surface area contributed by atoms with E-state index < -0.39 is 12.1 Å². The maximum Gasteiger partial charge on any atom is 0.573 e. The van der Waals surface area contributed by atoms with Gasteiger partial charge in [0.2, 0.25) is 0 Å². The van der Waals surface area contributed by atoms with Crippen molar-refractivity contribution in [1.29, 1.82) is 0 Å². The molecule has 0 saturated carbocycles. The molecule has 0 aliphatic carbocycles. The normalized spacial score (nSPS) is 11.6. The van der Waals surface area contributed by atoms with Crippen LogP contribution < -0.4 is 4.74 Å². The summed E-state index contributed by atoms with van der Waals surface area (Å²) >= 11 is 1.51. The minimum absolute atomic E-state index is 0.132. The maximum atomic E-state index is 12.3. The third-order valence-corrected chi connectivity index (χ3v) is 4.24. The van der Waals surface area contributed by atoms with Crippen LogP contribution in [0.15, 0.2) is 48.5 Å². The molecule has 0 spiro atoms. The van der Waals surface area contributed by atoms with Gasteiger partial charge in [0.25, 0.3) is 0 Å². The summed E-state index contributed by atoms with van der Waals surface area (Å²) in [6.07, 6.45) is -4.46. The van der Waals surface area contributed by atoms with Crippen LogP contribution in [0.4, 0.5) is 13.2 Å². The average Bonchev–Trinajstić information content (AvgIpc) is 2.90. The summed E-state index contributed by atoms with van der Waals surface area (Å²) in [5.41, 5.74) is 0.546. The molecule has 2 nitrogen and oxygen atoms in total. The molecule has 1 aromatic heterocycles. The number of rotatable bonds is 3. The van der Waals surface area contributed by atoms with Crippen molar-refractivity contribution in [1.82, 2.24) is 0 Å². The number of fused-ring (bicyclic) bond motifs is 1. The first kappa shape index (κ1) is 14.6. The van der Waals surface area contributed by atoms with E-state index in [0.29, 0.717) is 11.8 Å². The second-order valence-electron chi connectivity index (χ2n) is 4.57. The van der Waals surface area contributed by atoms with E-state index in [0.717, 1.165) is 21.0 Å². The van der Waals surface area contributed by atoms with Crippen LogP contribution in [-0.4, -0.2) is 12.6 Å². The Labute approximate surface area is 127 Å². The zero-order valence-corrected chi connectivity index (χ0v) is 11.9. The number of thiophene rings is 1. The van der Waals surface area contributed by atoms with Crippen molar-refractivity contribution in [2.75, 3.05) is 0 Å². The van der Waals surface area contributed by atoms with E-state index in [1.54, 1.807) is 0 Å². The summed E-state index contributed by atoms with van der Waals surface area (Å²) in [7, 11) is 0. The van der Waals surface area contributed by atoms with Gasteiger partial charge in [-0.05, 0) is 41.3 Å². The van der Waals surface area contributed by atoms with E-state index in [9.17, 15) is 18.0 Å². The third kappa shape index (κ3) is 2.96. The molecule has 112 valence electrons. The van der Waals surface area contributed by atoms with Gasteiger partial charge in [-0.1, -0.05) is 18.2 Å². The quantitative estimate of drug-likeness (QED) is 0.613. The first-order valence-corrected chi connectivity index (χ1v) is 7.12. The van der Waals surface area contributed by atoms with Gasteiger partial charge < -0.3 is 4.74 Å². The van der Waals surface area contributed by atoms with E-state index >= 15 is 0 Å². The number of benzene rings is 2. The maximum absolute atomic E-state index is 12.3. The van der Waals surface area contributed by atoms with Gasteiger partial charge in [0.1, 0.15) is 5.75 Å².